The topological polar surface area (TPSA) is 75.3 Å². The van der Waals surface area contributed by atoms with E-state index in [0.29, 0.717) is 13.0 Å². The van der Waals surface area contributed by atoms with Gasteiger partial charge in [-0.25, -0.2) is 8.78 Å². The number of aliphatic hydroxyl groups excluding tert-OH is 1. The number of nitrogen functional groups attached to an aromatic ring is 1. The highest BCUT2D eigenvalue weighted by Crippen LogP contribution is 2.17. The quantitative estimate of drug-likeness (QED) is 0.690. The fourth-order valence-electron chi connectivity index (χ4n) is 1.74. The van der Waals surface area contributed by atoms with E-state index in [-0.39, 0.29) is 12.5 Å². The second kappa shape index (κ2) is 7.04. The van der Waals surface area contributed by atoms with Crippen LogP contribution in [0.25, 0.3) is 0 Å². The van der Waals surface area contributed by atoms with Crippen LogP contribution in [0.3, 0.4) is 0 Å². The number of hydrogen-bond acceptors (Lipinski definition) is 3. The van der Waals surface area contributed by atoms with Gasteiger partial charge in [-0.3, -0.25) is 4.79 Å². The maximum Gasteiger partial charge on any atom is 0.254 e. The van der Waals surface area contributed by atoms with Crippen LogP contribution in [-0.2, 0) is 0 Å². The van der Waals surface area contributed by atoms with Crippen molar-refractivity contribution in [2.24, 2.45) is 5.92 Å². The van der Waals surface area contributed by atoms with E-state index in [1.165, 1.54) is 0 Å². The van der Waals surface area contributed by atoms with Crippen molar-refractivity contribution in [2.45, 2.75) is 19.8 Å². The normalized spacial score (nSPS) is 12.2. The summed E-state index contributed by atoms with van der Waals surface area (Å²) in [4.78, 5) is 11.8. The zero-order chi connectivity index (χ0) is 14.4. The van der Waals surface area contributed by atoms with Crippen LogP contribution in [-0.4, -0.2) is 24.2 Å². The van der Waals surface area contributed by atoms with Gasteiger partial charge in [-0.05, 0) is 24.5 Å². The van der Waals surface area contributed by atoms with E-state index in [4.69, 9.17) is 10.8 Å². The number of rotatable bonds is 6. The molecule has 6 heteroatoms. The number of hydrogen-bond donors (Lipinski definition) is 3. The Hall–Kier alpha value is -1.69. The molecule has 0 aliphatic heterocycles. The van der Waals surface area contributed by atoms with E-state index in [1.54, 1.807) is 0 Å². The Morgan fingerprint density at radius 2 is 2.16 bits per heavy atom. The second-order valence-electron chi connectivity index (χ2n) is 4.35. The molecule has 0 saturated heterocycles. The third-order valence-corrected chi connectivity index (χ3v) is 2.98. The summed E-state index contributed by atoms with van der Waals surface area (Å²) in [6, 6.07) is 1.64. The summed E-state index contributed by atoms with van der Waals surface area (Å²) in [5.74, 6) is -2.29. The zero-order valence-electron chi connectivity index (χ0n) is 10.7. The number of carbonyl (C=O) groups is 1. The first-order chi connectivity index (χ1) is 8.99. The Bertz CT molecular complexity index is 453. The molecule has 4 N–H and O–H groups in total. The highest BCUT2D eigenvalue weighted by molar-refractivity contribution is 5.95. The molecule has 1 atom stereocenters. The number of nitrogens with one attached hydrogen (secondary N) is 1. The number of anilines is 1. The molecular weight excluding hydrogens is 254 g/mol. The van der Waals surface area contributed by atoms with Gasteiger partial charge >= 0.3 is 0 Å². The zero-order valence-corrected chi connectivity index (χ0v) is 10.7. The predicted octanol–water partition coefficient (Wildman–Crippen LogP) is 1.69. The summed E-state index contributed by atoms with van der Waals surface area (Å²) in [5.41, 5.74) is 4.46. The summed E-state index contributed by atoms with van der Waals surface area (Å²) < 4.78 is 26.7. The smallest absolute Gasteiger partial charge is 0.254 e. The predicted molar refractivity (Wildman–Crippen MR) is 68.6 cm³/mol. The Labute approximate surface area is 110 Å². The highest BCUT2D eigenvalue weighted by atomic mass is 19.1. The summed E-state index contributed by atoms with van der Waals surface area (Å²) in [6.45, 7) is 2.24. The minimum absolute atomic E-state index is 0.0235. The van der Waals surface area contributed by atoms with Gasteiger partial charge in [0, 0.05) is 13.2 Å². The Morgan fingerprint density at radius 3 is 2.74 bits per heavy atom. The maximum absolute atomic E-state index is 13.6. The van der Waals surface area contributed by atoms with Crippen LogP contribution in [0.4, 0.5) is 14.5 Å². The molecule has 106 valence electrons. The average Bonchev–Trinajstić information content (AvgIpc) is 2.38. The van der Waals surface area contributed by atoms with Gasteiger partial charge in [-0.2, -0.15) is 0 Å². The molecule has 0 heterocycles. The fourth-order valence-corrected chi connectivity index (χ4v) is 1.74. The SMILES string of the molecule is CCC(CCO)CNC(=O)c1cc(F)cc(N)c1F. The van der Waals surface area contributed by atoms with Crippen molar-refractivity contribution in [3.05, 3.63) is 29.3 Å². The molecule has 0 radical (unpaired) electrons. The molecule has 1 amide bonds. The maximum atomic E-state index is 13.6. The van der Waals surface area contributed by atoms with Crippen molar-refractivity contribution in [3.8, 4) is 0 Å². The fraction of sp³-hybridized carbons (Fsp3) is 0.462. The van der Waals surface area contributed by atoms with Crippen LogP contribution in [0.1, 0.15) is 30.1 Å². The molecule has 4 nitrogen and oxygen atoms in total. The number of benzene rings is 1. The Morgan fingerprint density at radius 1 is 1.47 bits per heavy atom. The van der Waals surface area contributed by atoms with Crippen molar-refractivity contribution >= 4 is 11.6 Å². The molecule has 1 aromatic carbocycles. The monoisotopic (exact) mass is 272 g/mol. The standard InChI is InChI=1S/C13H18F2N2O2/c1-2-8(3-4-18)7-17-13(19)10-5-9(14)6-11(16)12(10)15/h5-6,8,18H,2-4,7,16H2,1H3,(H,17,19). The molecule has 1 rings (SSSR count). The summed E-state index contributed by atoms with van der Waals surface area (Å²) >= 11 is 0. The molecule has 0 aliphatic carbocycles. The first kappa shape index (κ1) is 15.4. The van der Waals surface area contributed by atoms with E-state index < -0.39 is 28.8 Å². The molecule has 19 heavy (non-hydrogen) atoms. The number of halogens is 2. The van der Waals surface area contributed by atoms with E-state index in [9.17, 15) is 13.6 Å². The number of carbonyl (C=O) groups excluding carboxylic acids is 1. The largest absolute Gasteiger partial charge is 0.396 e. The van der Waals surface area contributed by atoms with E-state index in [1.807, 2.05) is 6.92 Å². The van der Waals surface area contributed by atoms with Crippen molar-refractivity contribution in [3.63, 3.8) is 0 Å². The summed E-state index contributed by atoms with van der Waals surface area (Å²) in [5, 5.41) is 11.3. The van der Waals surface area contributed by atoms with Crippen molar-refractivity contribution in [1.29, 1.82) is 0 Å². The lowest BCUT2D eigenvalue weighted by molar-refractivity contribution is 0.0939. The summed E-state index contributed by atoms with van der Waals surface area (Å²) in [6.07, 6.45) is 1.32. The Balaban J connectivity index is 2.73. The highest BCUT2D eigenvalue weighted by Gasteiger charge is 2.17. The lowest BCUT2D eigenvalue weighted by Gasteiger charge is -2.14. The van der Waals surface area contributed by atoms with Gasteiger partial charge in [-0.1, -0.05) is 13.3 Å². The van der Waals surface area contributed by atoms with Crippen LogP contribution < -0.4 is 11.1 Å². The van der Waals surface area contributed by atoms with Crippen molar-refractivity contribution in [2.75, 3.05) is 18.9 Å². The first-order valence-electron chi connectivity index (χ1n) is 6.13. The van der Waals surface area contributed by atoms with E-state index in [0.717, 1.165) is 18.6 Å². The molecule has 0 bridgehead atoms. The van der Waals surface area contributed by atoms with Crippen LogP contribution >= 0.6 is 0 Å². The van der Waals surface area contributed by atoms with E-state index >= 15 is 0 Å². The summed E-state index contributed by atoms with van der Waals surface area (Å²) in [7, 11) is 0. The van der Waals surface area contributed by atoms with Gasteiger partial charge in [-0.15, -0.1) is 0 Å². The second-order valence-corrected chi connectivity index (χ2v) is 4.35. The number of aliphatic hydroxyl groups is 1. The number of nitrogens with two attached hydrogens (primary N) is 1. The third-order valence-electron chi connectivity index (χ3n) is 2.98. The average molecular weight is 272 g/mol. The Kier molecular flexibility index (Phi) is 5.69. The molecule has 0 fully saturated rings. The van der Waals surface area contributed by atoms with Crippen LogP contribution in [0.15, 0.2) is 12.1 Å². The van der Waals surface area contributed by atoms with Gasteiger partial charge in [0.25, 0.3) is 5.91 Å². The first-order valence-corrected chi connectivity index (χ1v) is 6.13. The van der Waals surface area contributed by atoms with Crippen molar-refractivity contribution < 1.29 is 18.7 Å². The van der Waals surface area contributed by atoms with E-state index in [2.05, 4.69) is 5.32 Å². The van der Waals surface area contributed by atoms with Gasteiger partial charge in [0.2, 0.25) is 0 Å². The lowest BCUT2D eigenvalue weighted by atomic mass is 10.0. The molecule has 0 aromatic heterocycles. The molecule has 0 saturated carbocycles. The van der Waals surface area contributed by atoms with Gasteiger partial charge < -0.3 is 16.2 Å². The van der Waals surface area contributed by atoms with Gasteiger partial charge in [0.05, 0.1) is 11.3 Å². The lowest BCUT2D eigenvalue weighted by Crippen LogP contribution is -2.30. The molecular formula is C13H18F2N2O2. The molecule has 0 spiro atoms. The van der Waals surface area contributed by atoms with Crippen molar-refractivity contribution in [1.82, 2.24) is 5.32 Å². The minimum atomic E-state index is -0.922. The third kappa shape index (κ3) is 4.17. The van der Waals surface area contributed by atoms with Crippen LogP contribution in [0.5, 0.6) is 0 Å². The van der Waals surface area contributed by atoms with Crippen LogP contribution in [0.2, 0.25) is 0 Å². The minimum Gasteiger partial charge on any atom is -0.396 e. The number of amides is 1. The molecule has 1 unspecified atom stereocenters. The van der Waals surface area contributed by atoms with Crippen LogP contribution in [0, 0.1) is 17.6 Å². The molecule has 0 aliphatic rings. The molecule has 1 aromatic rings. The van der Waals surface area contributed by atoms with Gasteiger partial charge in [0.1, 0.15) is 5.82 Å². The van der Waals surface area contributed by atoms with Gasteiger partial charge in [0.15, 0.2) is 5.82 Å².